The minimum Gasteiger partial charge on any atom is -0.444 e. The first-order valence-electron chi connectivity index (χ1n) is 18.0. The van der Waals surface area contributed by atoms with E-state index >= 15 is 0 Å². The number of ether oxygens (including phenoxy) is 2. The second kappa shape index (κ2) is 14.2. The van der Waals surface area contributed by atoms with E-state index in [9.17, 15) is 32.4 Å². The van der Waals surface area contributed by atoms with Gasteiger partial charge in [-0.15, -0.1) is 0 Å². The lowest BCUT2D eigenvalue weighted by Gasteiger charge is -2.30. The van der Waals surface area contributed by atoms with Crippen LogP contribution in [0.25, 0.3) is 0 Å². The van der Waals surface area contributed by atoms with Gasteiger partial charge in [0, 0.05) is 43.0 Å². The molecule has 4 fully saturated rings. The highest BCUT2D eigenvalue weighted by Gasteiger charge is 2.62. The average Bonchev–Trinajstić information content (AvgIpc) is 3.93. The number of sulfonamides is 1. The van der Waals surface area contributed by atoms with Crippen molar-refractivity contribution in [1.29, 1.82) is 0 Å². The minimum atomic E-state index is -3.90. The van der Waals surface area contributed by atoms with Crippen molar-refractivity contribution in [3.63, 3.8) is 0 Å². The van der Waals surface area contributed by atoms with Crippen LogP contribution in [0.4, 0.5) is 9.59 Å². The summed E-state index contributed by atoms with van der Waals surface area (Å²) in [7, 11) is -3.90. The topological polar surface area (TPSA) is 207 Å². The molecular formula is C35H50N6O9S. The van der Waals surface area contributed by atoms with Crippen LogP contribution in [0.5, 0.6) is 0 Å². The van der Waals surface area contributed by atoms with E-state index in [2.05, 4.69) is 15.4 Å². The molecule has 0 bridgehead atoms. The number of amides is 5. The quantitative estimate of drug-likeness (QED) is 0.303. The number of hydrogen-bond donors (Lipinski definition) is 4. The van der Waals surface area contributed by atoms with Crippen LogP contribution < -0.4 is 21.1 Å². The van der Waals surface area contributed by atoms with Crippen molar-refractivity contribution >= 4 is 39.9 Å². The predicted octanol–water partition coefficient (Wildman–Crippen LogP) is 1.95. The van der Waals surface area contributed by atoms with Crippen LogP contribution >= 0.6 is 0 Å². The Labute approximate surface area is 298 Å². The molecule has 6 aliphatic rings. The summed E-state index contributed by atoms with van der Waals surface area (Å²) in [4.78, 5) is 71.3. The SMILES string of the molecule is CC(C)(C)OC(=O)N[C@H]1CCCCC/C=C\[C@H]2C[C@@]2(C(=O)NS(=O)(=O)C2CC2)NC(=O)C2C[C@@H](OC(=O)N3CC4C=CC=C(N)C4C3)CN2C1=O. The lowest BCUT2D eigenvalue weighted by molar-refractivity contribution is -0.141. The number of nitrogens with one attached hydrogen (secondary N) is 3. The van der Waals surface area contributed by atoms with Gasteiger partial charge >= 0.3 is 12.2 Å². The van der Waals surface area contributed by atoms with Gasteiger partial charge in [0.15, 0.2) is 0 Å². The van der Waals surface area contributed by atoms with Crippen molar-refractivity contribution in [3.05, 3.63) is 36.1 Å². The summed E-state index contributed by atoms with van der Waals surface area (Å²) < 4.78 is 39.1. The largest absolute Gasteiger partial charge is 0.444 e. The standard InChI is InChI=1S/C35H50N6O9S/c1-34(2,3)50-32(45)37-27-13-8-6-4-5-7-11-22-17-35(22,31(44)39-51(47,48)24-14-15-24)38-29(42)28-16-23(19-41(28)30(27)43)49-33(46)40-18-21-10-9-12-26(36)25(21)20-40/h7,9-12,21-25,27-28H,4-6,8,13-20,36H2,1-3H3,(H,37,45)(H,38,42)(H,39,44)/b11-7-/t21?,22-,23+,25?,27-,28?,35+/m0/s1. The Kier molecular flexibility index (Phi) is 10.2. The summed E-state index contributed by atoms with van der Waals surface area (Å²) in [5.74, 6) is -2.47. The van der Waals surface area contributed by atoms with E-state index in [1.54, 1.807) is 25.7 Å². The van der Waals surface area contributed by atoms with Gasteiger partial charge < -0.3 is 35.6 Å². The molecule has 0 aromatic heterocycles. The fourth-order valence-electron chi connectivity index (χ4n) is 7.47. The Hall–Kier alpha value is -4.08. The Balaban J connectivity index is 1.24. The van der Waals surface area contributed by atoms with Crippen molar-refractivity contribution in [1.82, 2.24) is 25.2 Å². The lowest BCUT2D eigenvalue weighted by atomic mass is 9.89. The first kappa shape index (κ1) is 36.7. The molecule has 3 aliphatic carbocycles. The van der Waals surface area contributed by atoms with Crippen molar-refractivity contribution in [3.8, 4) is 0 Å². The van der Waals surface area contributed by atoms with Gasteiger partial charge in [0.1, 0.15) is 29.3 Å². The zero-order valence-corrected chi connectivity index (χ0v) is 30.3. The van der Waals surface area contributed by atoms with Gasteiger partial charge in [-0.2, -0.15) is 0 Å². The van der Waals surface area contributed by atoms with Crippen molar-refractivity contribution in [2.75, 3.05) is 19.6 Å². The van der Waals surface area contributed by atoms with E-state index in [1.807, 2.05) is 30.4 Å². The van der Waals surface area contributed by atoms with Crippen LogP contribution in [0.1, 0.15) is 78.6 Å². The Morgan fingerprint density at radius 1 is 1.04 bits per heavy atom. The van der Waals surface area contributed by atoms with Crippen LogP contribution in [-0.4, -0.2) is 102 Å². The third-order valence-electron chi connectivity index (χ3n) is 10.5. The first-order chi connectivity index (χ1) is 24.1. The zero-order chi connectivity index (χ0) is 36.7. The maximum atomic E-state index is 14.3. The molecule has 3 unspecified atom stereocenters. The summed E-state index contributed by atoms with van der Waals surface area (Å²) in [5, 5.41) is 4.87. The highest BCUT2D eigenvalue weighted by molar-refractivity contribution is 7.91. The average molecular weight is 731 g/mol. The Bertz CT molecular complexity index is 1630. The highest BCUT2D eigenvalue weighted by Crippen LogP contribution is 2.46. The molecule has 0 radical (unpaired) electrons. The Morgan fingerprint density at radius 2 is 1.80 bits per heavy atom. The number of fused-ring (bicyclic) bond motifs is 3. The Morgan fingerprint density at radius 3 is 2.51 bits per heavy atom. The maximum absolute atomic E-state index is 14.3. The highest BCUT2D eigenvalue weighted by atomic mass is 32.2. The molecule has 0 aromatic rings. The lowest BCUT2D eigenvalue weighted by Crippen LogP contribution is -2.58. The second-order valence-corrected chi connectivity index (χ2v) is 17.6. The van der Waals surface area contributed by atoms with Gasteiger partial charge in [0.25, 0.3) is 5.91 Å². The number of carbonyl (C=O) groups excluding carboxylic acids is 5. The molecule has 7 atom stereocenters. The molecule has 0 spiro atoms. The molecule has 2 saturated carbocycles. The number of allylic oxidation sites excluding steroid dienone is 3. The summed E-state index contributed by atoms with van der Waals surface area (Å²) in [6.45, 7) is 5.78. The molecule has 6 rings (SSSR count). The molecule has 15 nitrogen and oxygen atoms in total. The number of nitrogens with two attached hydrogens (primary N) is 1. The first-order valence-corrected chi connectivity index (χ1v) is 19.5. The summed E-state index contributed by atoms with van der Waals surface area (Å²) in [5.41, 5.74) is 4.52. The van der Waals surface area contributed by atoms with Gasteiger partial charge in [0.2, 0.25) is 21.8 Å². The van der Waals surface area contributed by atoms with E-state index in [1.165, 1.54) is 4.90 Å². The number of nitrogens with zero attached hydrogens (tertiary/aromatic N) is 2. The summed E-state index contributed by atoms with van der Waals surface area (Å²) in [6.07, 6.45) is 11.3. The van der Waals surface area contributed by atoms with Crippen LogP contribution in [0, 0.1) is 17.8 Å². The van der Waals surface area contributed by atoms with Gasteiger partial charge in [-0.05, 0) is 65.4 Å². The molecule has 0 aromatic carbocycles. The number of alkyl carbamates (subject to hydrolysis) is 1. The van der Waals surface area contributed by atoms with Crippen LogP contribution in [-0.2, 0) is 33.9 Å². The molecule has 280 valence electrons. The van der Waals surface area contributed by atoms with Gasteiger partial charge in [-0.1, -0.05) is 37.1 Å². The van der Waals surface area contributed by atoms with Crippen molar-refractivity contribution in [2.45, 2.75) is 113 Å². The molecule has 5 N–H and O–H groups in total. The molecule has 5 amide bonds. The van der Waals surface area contributed by atoms with Gasteiger partial charge in [-0.3, -0.25) is 19.1 Å². The molecular weight excluding hydrogens is 680 g/mol. The summed E-state index contributed by atoms with van der Waals surface area (Å²) >= 11 is 0. The number of hydrogen-bond acceptors (Lipinski definition) is 10. The third kappa shape index (κ3) is 8.36. The van der Waals surface area contributed by atoms with Crippen LogP contribution in [0.15, 0.2) is 36.1 Å². The van der Waals surface area contributed by atoms with Gasteiger partial charge in [0.05, 0.1) is 11.8 Å². The van der Waals surface area contributed by atoms with Crippen molar-refractivity contribution in [2.24, 2.45) is 23.5 Å². The van der Waals surface area contributed by atoms with E-state index < -0.39 is 80.4 Å². The van der Waals surface area contributed by atoms with E-state index in [0.29, 0.717) is 44.5 Å². The zero-order valence-electron chi connectivity index (χ0n) is 29.5. The normalized spacial score (nSPS) is 33.3. The molecule has 51 heavy (non-hydrogen) atoms. The van der Waals surface area contributed by atoms with E-state index in [4.69, 9.17) is 15.2 Å². The predicted molar refractivity (Wildman–Crippen MR) is 185 cm³/mol. The maximum Gasteiger partial charge on any atom is 0.410 e. The number of carbonyl (C=O) groups is 5. The third-order valence-corrected chi connectivity index (χ3v) is 12.3. The van der Waals surface area contributed by atoms with E-state index in [-0.39, 0.29) is 37.6 Å². The fourth-order valence-corrected chi connectivity index (χ4v) is 8.84. The van der Waals surface area contributed by atoms with Crippen molar-refractivity contribution < 1.29 is 41.9 Å². The summed E-state index contributed by atoms with van der Waals surface area (Å²) in [6, 6.07) is -2.22. The smallest absolute Gasteiger partial charge is 0.410 e. The van der Waals surface area contributed by atoms with Crippen LogP contribution in [0.3, 0.4) is 0 Å². The monoisotopic (exact) mass is 730 g/mol. The fraction of sp³-hybridized carbons (Fsp3) is 0.686. The molecule has 16 heteroatoms. The number of likely N-dealkylation sites (tertiary alicyclic amines) is 1. The van der Waals surface area contributed by atoms with Gasteiger partial charge in [-0.25, -0.2) is 18.0 Å². The number of rotatable bonds is 5. The van der Waals surface area contributed by atoms with E-state index in [0.717, 1.165) is 12.8 Å². The second-order valence-electron chi connectivity index (χ2n) is 15.7. The van der Waals surface area contributed by atoms with Crippen LogP contribution in [0.2, 0.25) is 0 Å². The minimum absolute atomic E-state index is 0.0270. The molecule has 3 heterocycles. The molecule has 3 aliphatic heterocycles. The molecule has 2 saturated heterocycles.